The molecule has 0 aliphatic rings. The maximum atomic E-state index is 12.8. The molecule has 1 aromatic carbocycles. The zero-order valence-electron chi connectivity index (χ0n) is 13.8. The quantitative estimate of drug-likeness (QED) is 0.786. The molecular formula is C19H21N3O. The molecule has 0 atom stereocenters. The van der Waals surface area contributed by atoms with Gasteiger partial charge in [0.15, 0.2) is 0 Å². The van der Waals surface area contributed by atoms with E-state index in [0.29, 0.717) is 0 Å². The van der Waals surface area contributed by atoms with Crippen LogP contribution in [0.1, 0.15) is 35.5 Å². The number of amides is 1. The van der Waals surface area contributed by atoms with E-state index >= 15 is 0 Å². The number of hydrogen-bond acceptors (Lipinski definition) is 2. The summed E-state index contributed by atoms with van der Waals surface area (Å²) >= 11 is 0. The molecule has 0 fully saturated rings. The molecule has 0 unspecified atom stereocenters. The molecule has 0 radical (unpaired) electrons. The third kappa shape index (κ3) is 2.72. The lowest BCUT2D eigenvalue weighted by molar-refractivity contribution is 0.101. The predicted octanol–water partition coefficient (Wildman–Crippen LogP) is 4.18. The maximum absolute atomic E-state index is 12.8. The lowest BCUT2D eigenvalue weighted by atomic mass is 10.1. The van der Waals surface area contributed by atoms with Crippen LogP contribution in [-0.4, -0.2) is 15.5 Å². The van der Waals surface area contributed by atoms with Crippen LogP contribution in [0.2, 0.25) is 0 Å². The molecule has 3 rings (SSSR count). The number of nitrogens with one attached hydrogen (secondary N) is 1. The molecule has 1 N–H and O–H groups in total. The van der Waals surface area contributed by atoms with E-state index in [9.17, 15) is 4.79 Å². The Bertz CT molecular complexity index is 850. The molecule has 1 amide bonds. The van der Waals surface area contributed by atoms with Gasteiger partial charge in [-0.3, -0.25) is 9.78 Å². The average molecular weight is 307 g/mol. The smallest absolute Gasteiger partial charge is 0.272 e. The highest BCUT2D eigenvalue weighted by atomic mass is 16.2. The Labute approximate surface area is 136 Å². The van der Waals surface area contributed by atoms with Crippen LogP contribution in [-0.2, 0) is 13.0 Å². The molecule has 0 saturated carbocycles. The van der Waals surface area contributed by atoms with E-state index in [-0.39, 0.29) is 5.91 Å². The highest BCUT2D eigenvalue weighted by molar-refractivity contribution is 6.08. The highest BCUT2D eigenvalue weighted by Gasteiger charge is 2.19. The van der Waals surface area contributed by atoms with Gasteiger partial charge in [0, 0.05) is 35.5 Å². The van der Waals surface area contributed by atoms with E-state index in [1.165, 1.54) is 5.56 Å². The Morgan fingerprint density at radius 2 is 1.91 bits per heavy atom. The van der Waals surface area contributed by atoms with Crippen molar-refractivity contribution >= 4 is 22.5 Å². The fraction of sp³-hybridized carbons (Fsp3) is 0.263. The monoisotopic (exact) mass is 307 g/mol. The summed E-state index contributed by atoms with van der Waals surface area (Å²) in [5.41, 5.74) is 4.92. The number of fused-ring (bicyclic) bond motifs is 1. The van der Waals surface area contributed by atoms with E-state index in [1.807, 2.05) is 6.92 Å². The maximum Gasteiger partial charge on any atom is 0.272 e. The number of benzene rings is 1. The standard InChI is InChI=1S/C19H21N3O/c1-4-14-6-7-17-16(12-14)13(3)18(22(17)5-2)19(23)21-15-8-10-20-11-9-15/h6-12H,4-5H2,1-3H3,(H,20,21,23). The molecule has 118 valence electrons. The van der Waals surface area contributed by atoms with Gasteiger partial charge in [-0.25, -0.2) is 0 Å². The molecule has 2 aromatic heterocycles. The van der Waals surface area contributed by atoms with E-state index in [4.69, 9.17) is 0 Å². The molecule has 0 spiro atoms. The van der Waals surface area contributed by atoms with Crippen molar-refractivity contribution in [1.29, 1.82) is 0 Å². The van der Waals surface area contributed by atoms with Gasteiger partial charge in [0.05, 0.1) is 0 Å². The Morgan fingerprint density at radius 1 is 1.17 bits per heavy atom. The molecule has 2 heterocycles. The Kier molecular flexibility index (Phi) is 4.15. The summed E-state index contributed by atoms with van der Waals surface area (Å²) < 4.78 is 2.08. The lowest BCUT2D eigenvalue weighted by Crippen LogP contribution is -2.17. The van der Waals surface area contributed by atoms with Gasteiger partial charge < -0.3 is 9.88 Å². The van der Waals surface area contributed by atoms with Gasteiger partial charge in [-0.05, 0) is 55.7 Å². The minimum atomic E-state index is -0.0789. The molecular weight excluding hydrogens is 286 g/mol. The van der Waals surface area contributed by atoms with Crippen molar-refractivity contribution in [3.63, 3.8) is 0 Å². The number of aromatic nitrogens is 2. The van der Waals surface area contributed by atoms with Crippen LogP contribution in [0.4, 0.5) is 5.69 Å². The summed E-state index contributed by atoms with van der Waals surface area (Å²) in [5, 5.41) is 4.12. The fourth-order valence-electron chi connectivity index (χ4n) is 3.04. The van der Waals surface area contributed by atoms with Gasteiger partial charge in [-0.2, -0.15) is 0 Å². The third-order valence-corrected chi connectivity index (χ3v) is 4.26. The number of anilines is 1. The summed E-state index contributed by atoms with van der Waals surface area (Å²) in [6.07, 6.45) is 4.34. The molecule has 23 heavy (non-hydrogen) atoms. The lowest BCUT2D eigenvalue weighted by Gasteiger charge is -2.09. The average Bonchev–Trinajstić information content (AvgIpc) is 2.87. The molecule has 4 nitrogen and oxygen atoms in total. The Morgan fingerprint density at radius 3 is 2.57 bits per heavy atom. The molecule has 3 aromatic rings. The zero-order valence-corrected chi connectivity index (χ0v) is 13.8. The third-order valence-electron chi connectivity index (χ3n) is 4.26. The predicted molar refractivity (Wildman–Crippen MR) is 93.9 cm³/mol. The van der Waals surface area contributed by atoms with Crippen LogP contribution < -0.4 is 5.32 Å². The van der Waals surface area contributed by atoms with Crippen molar-refractivity contribution in [3.05, 3.63) is 59.5 Å². The van der Waals surface area contributed by atoms with E-state index < -0.39 is 0 Å². The number of pyridine rings is 1. The first-order valence-electron chi connectivity index (χ1n) is 7.98. The minimum Gasteiger partial charge on any atom is -0.337 e. The first-order chi connectivity index (χ1) is 11.2. The van der Waals surface area contributed by atoms with Crippen LogP contribution in [0.3, 0.4) is 0 Å². The summed E-state index contributed by atoms with van der Waals surface area (Å²) in [7, 11) is 0. The van der Waals surface area contributed by atoms with Crippen LogP contribution >= 0.6 is 0 Å². The van der Waals surface area contributed by atoms with Gasteiger partial charge in [0.1, 0.15) is 5.69 Å². The number of hydrogen-bond donors (Lipinski definition) is 1. The van der Waals surface area contributed by atoms with Gasteiger partial charge in [-0.1, -0.05) is 13.0 Å². The zero-order chi connectivity index (χ0) is 16.4. The van der Waals surface area contributed by atoms with Crippen LogP contribution in [0, 0.1) is 6.92 Å². The largest absolute Gasteiger partial charge is 0.337 e. The second kappa shape index (κ2) is 6.24. The number of aryl methyl sites for hydroxylation is 3. The second-order valence-electron chi connectivity index (χ2n) is 5.61. The van der Waals surface area contributed by atoms with Crippen molar-refractivity contribution in [3.8, 4) is 0 Å². The first-order valence-corrected chi connectivity index (χ1v) is 7.98. The molecule has 0 saturated heterocycles. The highest BCUT2D eigenvalue weighted by Crippen LogP contribution is 2.27. The van der Waals surface area contributed by atoms with Crippen molar-refractivity contribution < 1.29 is 4.79 Å². The van der Waals surface area contributed by atoms with Crippen molar-refractivity contribution in [2.75, 3.05) is 5.32 Å². The number of carbonyl (C=O) groups is 1. The van der Waals surface area contributed by atoms with Gasteiger partial charge in [0.25, 0.3) is 5.91 Å². The first kappa shape index (κ1) is 15.3. The van der Waals surface area contributed by atoms with Gasteiger partial charge >= 0.3 is 0 Å². The fourth-order valence-corrected chi connectivity index (χ4v) is 3.04. The normalized spacial score (nSPS) is 10.9. The van der Waals surface area contributed by atoms with Crippen LogP contribution in [0.15, 0.2) is 42.7 Å². The summed E-state index contributed by atoms with van der Waals surface area (Å²) in [6, 6.07) is 10.0. The van der Waals surface area contributed by atoms with Crippen molar-refractivity contribution in [1.82, 2.24) is 9.55 Å². The summed E-state index contributed by atoms with van der Waals surface area (Å²) in [5.74, 6) is -0.0789. The minimum absolute atomic E-state index is 0.0789. The molecule has 4 heteroatoms. The molecule has 0 aliphatic heterocycles. The number of nitrogens with zero attached hydrogens (tertiary/aromatic N) is 2. The summed E-state index contributed by atoms with van der Waals surface area (Å²) in [6.45, 7) is 6.99. The number of rotatable bonds is 4. The van der Waals surface area contributed by atoms with E-state index in [1.54, 1.807) is 24.5 Å². The second-order valence-corrected chi connectivity index (χ2v) is 5.61. The van der Waals surface area contributed by atoms with Gasteiger partial charge in [0.2, 0.25) is 0 Å². The molecule has 0 bridgehead atoms. The topological polar surface area (TPSA) is 46.9 Å². The van der Waals surface area contributed by atoms with Crippen LogP contribution in [0.5, 0.6) is 0 Å². The Balaban J connectivity index is 2.09. The van der Waals surface area contributed by atoms with Crippen molar-refractivity contribution in [2.45, 2.75) is 33.7 Å². The van der Waals surface area contributed by atoms with Crippen LogP contribution in [0.25, 0.3) is 10.9 Å². The Hall–Kier alpha value is -2.62. The van der Waals surface area contributed by atoms with Gasteiger partial charge in [-0.15, -0.1) is 0 Å². The van der Waals surface area contributed by atoms with Crippen molar-refractivity contribution in [2.24, 2.45) is 0 Å². The molecule has 0 aliphatic carbocycles. The van der Waals surface area contributed by atoms with E-state index in [0.717, 1.165) is 40.8 Å². The number of carbonyl (C=O) groups excluding carboxylic acids is 1. The van der Waals surface area contributed by atoms with E-state index in [2.05, 4.69) is 46.9 Å². The summed E-state index contributed by atoms with van der Waals surface area (Å²) in [4.78, 5) is 16.8. The SMILES string of the molecule is CCc1ccc2c(c1)c(C)c(C(=O)Nc1ccncc1)n2CC.